The molecule has 2 aromatic rings. The van der Waals surface area contributed by atoms with Crippen LogP contribution in [0.2, 0.25) is 0 Å². The highest BCUT2D eigenvalue weighted by Gasteiger charge is 2.12. The van der Waals surface area contributed by atoms with Gasteiger partial charge in [0.05, 0.1) is 0 Å². The number of hydrogen-bond donors (Lipinski definition) is 1. The maximum absolute atomic E-state index is 10.6. The summed E-state index contributed by atoms with van der Waals surface area (Å²) in [4.78, 5) is 10.6. The van der Waals surface area contributed by atoms with Gasteiger partial charge < -0.3 is 14.3 Å². The molecule has 0 aliphatic heterocycles. The van der Waals surface area contributed by atoms with Crippen LogP contribution in [0.5, 0.6) is 0 Å². The van der Waals surface area contributed by atoms with Crippen molar-refractivity contribution < 1.29 is 19.1 Å². The summed E-state index contributed by atoms with van der Waals surface area (Å²) in [6.07, 6.45) is -0.846. The molecule has 4 nitrogen and oxygen atoms in total. The number of benzene rings is 1. The molecule has 0 saturated heterocycles. The molecule has 0 amide bonds. The van der Waals surface area contributed by atoms with Gasteiger partial charge in [0.2, 0.25) is 0 Å². The molecule has 0 radical (unpaired) electrons. The van der Waals surface area contributed by atoms with E-state index < -0.39 is 12.1 Å². The molecule has 0 fully saturated rings. The fourth-order valence-electron chi connectivity index (χ4n) is 1.50. The van der Waals surface area contributed by atoms with Gasteiger partial charge in [-0.1, -0.05) is 28.1 Å². The van der Waals surface area contributed by atoms with Crippen LogP contribution in [0.15, 0.2) is 45.3 Å². The molecule has 1 N–H and O–H groups in total. The van der Waals surface area contributed by atoms with Crippen molar-refractivity contribution in [3.8, 4) is 11.3 Å². The monoisotopic (exact) mass is 324 g/mol. The van der Waals surface area contributed by atoms with Crippen LogP contribution in [-0.2, 0) is 16.1 Å². The predicted molar refractivity (Wildman–Crippen MR) is 73.7 cm³/mol. The fourth-order valence-corrected chi connectivity index (χ4v) is 1.77. The first-order valence-corrected chi connectivity index (χ1v) is 6.54. The van der Waals surface area contributed by atoms with Crippen LogP contribution in [0, 0.1) is 0 Å². The minimum absolute atomic E-state index is 0.143. The molecule has 5 heteroatoms. The normalized spacial score (nSPS) is 12.3. The summed E-state index contributed by atoms with van der Waals surface area (Å²) in [5, 5.41) is 8.71. The third-order valence-corrected chi connectivity index (χ3v) is 3.14. The van der Waals surface area contributed by atoms with Gasteiger partial charge in [-0.25, -0.2) is 4.79 Å². The molecule has 0 bridgehead atoms. The van der Waals surface area contributed by atoms with Crippen LogP contribution in [0.3, 0.4) is 0 Å². The van der Waals surface area contributed by atoms with Crippen molar-refractivity contribution in [2.45, 2.75) is 19.6 Å². The van der Waals surface area contributed by atoms with Crippen LogP contribution in [0.25, 0.3) is 11.3 Å². The van der Waals surface area contributed by atoms with E-state index in [-0.39, 0.29) is 6.61 Å². The van der Waals surface area contributed by atoms with Crippen molar-refractivity contribution in [3.05, 3.63) is 46.6 Å². The van der Waals surface area contributed by atoms with Gasteiger partial charge in [-0.2, -0.15) is 0 Å². The van der Waals surface area contributed by atoms with Gasteiger partial charge in [-0.05, 0) is 31.2 Å². The number of ether oxygens (including phenoxy) is 1. The van der Waals surface area contributed by atoms with Crippen molar-refractivity contribution in [1.29, 1.82) is 0 Å². The molecule has 1 aromatic carbocycles. The Morgan fingerprint density at radius 1 is 1.32 bits per heavy atom. The van der Waals surface area contributed by atoms with E-state index in [2.05, 4.69) is 15.9 Å². The zero-order chi connectivity index (χ0) is 13.8. The SMILES string of the molecule is C[C@@H](OCc1ccc(-c2ccc(Br)cc2)o1)C(=O)O. The lowest BCUT2D eigenvalue weighted by Crippen LogP contribution is -2.19. The van der Waals surface area contributed by atoms with E-state index in [0.717, 1.165) is 15.8 Å². The summed E-state index contributed by atoms with van der Waals surface area (Å²) in [7, 11) is 0. The molecule has 0 aliphatic rings. The van der Waals surface area contributed by atoms with Crippen LogP contribution in [-0.4, -0.2) is 17.2 Å². The Bertz CT molecular complexity index is 559. The fraction of sp³-hybridized carbons (Fsp3) is 0.214. The average molecular weight is 325 g/mol. The Hall–Kier alpha value is -1.59. The van der Waals surface area contributed by atoms with Crippen molar-refractivity contribution in [2.75, 3.05) is 0 Å². The van der Waals surface area contributed by atoms with Crippen LogP contribution >= 0.6 is 15.9 Å². The molecule has 2 rings (SSSR count). The lowest BCUT2D eigenvalue weighted by molar-refractivity contribution is -0.150. The smallest absolute Gasteiger partial charge is 0.332 e. The van der Waals surface area contributed by atoms with Crippen molar-refractivity contribution >= 4 is 21.9 Å². The molecule has 100 valence electrons. The number of carbonyl (C=O) groups is 1. The quantitative estimate of drug-likeness (QED) is 0.911. The Kier molecular flexibility index (Phi) is 4.39. The first-order chi connectivity index (χ1) is 9.06. The molecular formula is C14H13BrO4. The second kappa shape index (κ2) is 6.04. The largest absolute Gasteiger partial charge is 0.479 e. The van der Waals surface area contributed by atoms with Crippen LogP contribution in [0.1, 0.15) is 12.7 Å². The number of carboxylic acid groups (broad SMARTS) is 1. The van der Waals surface area contributed by atoms with Crippen LogP contribution < -0.4 is 0 Å². The van der Waals surface area contributed by atoms with E-state index in [1.807, 2.05) is 30.3 Å². The Labute approximate surface area is 119 Å². The Balaban J connectivity index is 2.03. The Morgan fingerprint density at radius 2 is 2.00 bits per heavy atom. The first kappa shape index (κ1) is 13.8. The van der Waals surface area contributed by atoms with Crippen molar-refractivity contribution in [1.82, 2.24) is 0 Å². The standard InChI is InChI=1S/C14H13BrO4/c1-9(14(16)17)18-8-12-6-7-13(19-12)10-2-4-11(15)5-3-10/h2-7,9H,8H2,1H3,(H,16,17)/t9-/m1/s1. The third-order valence-electron chi connectivity index (χ3n) is 2.61. The summed E-state index contributed by atoms with van der Waals surface area (Å²) in [5.74, 6) is 0.347. The maximum atomic E-state index is 10.6. The molecule has 0 unspecified atom stereocenters. The van der Waals surface area contributed by atoms with E-state index in [1.165, 1.54) is 6.92 Å². The Morgan fingerprint density at radius 3 is 2.63 bits per heavy atom. The summed E-state index contributed by atoms with van der Waals surface area (Å²) in [5.41, 5.74) is 0.959. The lowest BCUT2D eigenvalue weighted by Gasteiger charge is -2.06. The number of carboxylic acids is 1. The summed E-state index contributed by atoms with van der Waals surface area (Å²) in [6.45, 7) is 1.63. The van der Waals surface area contributed by atoms with E-state index >= 15 is 0 Å². The number of aliphatic carboxylic acids is 1. The average Bonchev–Trinajstić information content (AvgIpc) is 2.85. The molecule has 19 heavy (non-hydrogen) atoms. The van der Waals surface area contributed by atoms with E-state index in [9.17, 15) is 4.79 Å². The second-order valence-electron chi connectivity index (χ2n) is 4.06. The highest BCUT2D eigenvalue weighted by atomic mass is 79.9. The topological polar surface area (TPSA) is 59.7 Å². The highest BCUT2D eigenvalue weighted by Crippen LogP contribution is 2.24. The van der Waals surface area contributed by atoms with Gasteiger partial charge >= 0.3 is 5.97 Å². The van der Waals surface area contributed by atoms with Gasteiger partial charge in [0.1, 0.15) is 18.1 Å². The molecule has 1 heterocycles. The van der Waals surface area contributed by atoms with Crippen molar-refractivity contribution in [3.63, 3.8) is 0 Å². The number of rotatable bonds is 5. The first-order valence-electron chi connectivity index (χ1n) is 5.75. The van der Waals surface area contributed by atoms with Gasteiger partial charge in [0, 0.05) is 10.0 Å². The number of halogens is 1. The number of furan rings is 1. The summed E-state index contributed by atoms with van der Waals surface area (Å²) in [6, 6.07) is 11.4. The molecule has 0 saturated carbocycles. The highest BCUT2D eigenvalue weighted by molar-refractivity contribution is 9.10. The molecule has 1 aromatic heterocycles. The van der Waals surface area contributed by atoms with Gasteiger partial charge in [0.25, 0.3) is 0 Å². The maximum Gasteiger partial charge on any atom is 0.332 e. The molecule has 0 aliphatic carbocycles. The molecular weight excluding hydrogens is 312 g/mol. The number of hydrogen-bond acceptors (Lipinski definition) is 3. The third kappa shape index (κ3) is 3.68. The van der Waals surface area contributed by atoms with E-state index in [4.69, 9.17) is 14.3 Å². The van der Waals surface area contributed by atoms with Gasteiger partial charge in [-0.15, -0.1) is 0 Å². The van der Waals surface area contributed by atoms with Gasteiger partial charge in [0.15, 0.2) is 6.10 Å². The zero-order valence-electron chi connectivity index (χ0n) is 10.3. The van der Waals surface area contributed by atoms with E-state index in [1.54, 1.807) is 6.07 Å². The summed E-state index contributed by atoms with van der Waals surface area (Å²) < 4.78 is 11.8. The van der Waals surface area contributed by atoms with E-state index in [0.29, 0.717) is 5.76 Å². The zero-order valence-corrected chi connectivity index (χ0v) is 11.9. The second-order valence-corrected chi connectivity index (χ2v) is 4.98. The molecule has 1 atom stereocenters. The minimum Gasteiger partial charge on any atom is -0.479 e. The molecule has 0 spiro atoms. The van der Waals surface area contributed by atoms with Crippen LogP contribution in [0.4, 0.5) is 0 Å². The lowest BCUT2D eigenvalue weighted by atomic mass is 10.2. The predicted octanol–water partition coefficient (Wildman–Crippen LogP) is 3.70. The van der Waals surface area contributed by atoms with Gasteiger partial charge in [-0.3, -0.25) is 0 Å². The minimum atomic E-state index is -0.986. The van der Waals surface area contributed by atoms with Crippen molar-refractivity contribution in [2.24, 2.45) is 0 Å². The summed E-state index contributed by atoms with van der Waals surface area (Å²) >= 11 is 3.37.